The van der Waals surface area contributed by atoms with E-state index in [-0.39, 0.29) is 17.2 Å². The molecule has 0 radical (unpaired) electrons. The van der Waals surface area contributed by atoms with Gasteiger partial charge in [-0.1, -0.05) is 37.5 Å². The van der Waals surface area contributed by atoms with Gasteiger partial charge < -0.3 is 0 Å². The summed E-state index contributed by atoms with van der Waals surface area (Å²) in [7, 11) is 0. The van der Waals surface area contributed by atoms with Gasteiger partial charge in [0.15, 0.2) is 5.69 Å². The smallest absolute Gasteiger partial charge is 0.273 e. The van der Waals surface area contributed by atoms with Crippen LogP contribution < -0.4 is 16.4 Å². The fourth-order valence-electron chi connectivity index (χ4n) is 3.51. The highest BCUT2D eigenvalue weighted by molar-refractivity contribution is 6.05. The van der Waals surface area contributed by atoms with Gasteiger partial charge in [-0.2, -0.15) is 5.10 Å². The number of hydrogen-bond acceptors (Lipinski definition) is 4. The molecule has 3 rings (SSSR count). The maximum atomic E-state index is 12.5. The molecule has 1 heterocycles. The van der Waals surface area contributed by atoms with Crippen LogP contribution in [0.4, 0.5) is 0 Å². The van der Waals surface area contributed by atoms with E-state index in [0.717, 1.165) is 12.8 Å². The molecule has 2 N–H and O–H groups in total. The second-order valence-corrected chi connectivity index (χ2v) is 6.73. The quantitative estimate of drug-likeness (QED) is 0.821. The maximum Gasteiger partial charge on any atom is 0.290 e. The number of fused-ring (bicyclic) bond motifs is 1. The van der Waals surface area contributed by atoms with Crippen molar-refractivity contribution >= 4 is 22.6 Å². The Balaban J connectivity index is 1.72. The Hall–Kier alpha value is -2.70. The highest BCUT2D eigenvalue weighted by atomic mass is 16.2. The second kappa shape index (κ2) is 8.12. The number of hydrazine groups is 1. The Morgan fingerprint density at radius 3 is 2.50 bits per heavy atom. The zero-order valence-electron chi connectivity index (χ0n) is 15.0. The van der Waals surface area contributed by atoms with E-state index in [1.54, 1.807) is 31.2 Å². The molecule has 7 nitrogen and oxygen atoms in total. The molecule has 0 spiro atoms. The van der Waals surface area contributed by atoms with Crippen LogP contribution in [0, 0.1) is 5.92 Å². The number of carbonyl (C=O) groups is 2. The molecule has 2 amide bonds. The summed E-state index contributed by atoms with van der Waals surface area (Å²) in [5, 5.41) is 5.06. The standard InChI is InChI=1S/C19H24N4O3/c1-2-23-19(26)15-11-7-6-10-14(15)17(22-23)18(25)21-20-16(24)12-13-8-4-3-5-9-13/h6-7,10-11,13H,2-5,8-9,12H2,1H3,(H,20,24)(H,21,25). The average molecular weight is 356 g/mol. The molecule has 1 aromatic carbocycles. The van der Waals surface area contributed by atoms with E-state index < -0.39 is 5.91 Å². The summed E-state index contributed by atoms with van der Waals surface area (Å²) >= 11 is 0. The third-order valence-corrected chi connectivity index (χ3v) is 4.90. The lowest BCUT2D eigenvalue weighted by molar-refractivity contribution is -0.123. The normalized spacial score (nSPS) is 15.0. The van der Waals surface area contributed by atoms with Crippen molar-refractivity contribution in [3.05, 3.63) is 40.3 Å². The molecule has 1 aliphatic carbocycles. The minimum absolute atomic E-state index is 0.125. The van der Waals surface area contributed by atoms with E-state index in [9.17, 15) is 14.4 Å². The van der Waals surface area contributed by atoms with E-state index in [1.165, 1.54) is 23.9 Å². The van der Waals surface area contributed by atoms with Gasteiger partial charge >= 0.3 is 0 Å². The first-order chi connectivity index (χ1) is 12.6. The summed E-state index contributed by atoms with van der Waals surface area (Å²) in [4.78, 5) is 36.9. The van der Waals surface area contributed by atoms with Crippen molar-refractivity contribution in [3.8, 4) is 0 Å². The first-order valence-electron chi connectivity index (χ1n) is 9.19. The van der Waals surface area contributed by atoms with Gasteiger partial charge in [-0.25, -0.2) is 4.68 Å². The fraction of sp³-hybridized carbons (Fsp3) is 0.474. The Labute approximate surface area is 151 Å². The highest BCUT2D eigenvalue weighted by Crippen LogP contribution is 2.25. The molecule has 1 aromatic heterocycles. The van der Waals surface area contributed by atoms with Gasteiger partial charge in [0.25, 0.3) is 11.5 Å². The van der Waals surface area contributed by atoms with Crippen LogP contribution in [-0.4, -0.2) is 21.6 Å². The number of nitrogens with zero attached hydrogens (tertiary/aromatic N) is 2. The topological polar surface area (TPSA) is 93.1 Å². The van der Waals surface area contributed by atoms with Crippen molar-refractivity contribution < 1.29 is 9.59 Å². The van der Waals surface area contributed by atoms with Crippen LogP contribution in [0.25, 0.3) is 10.8 Å². The van der Waals surface area contributed by atoms with Crippen LogP contribution >= 0.6 is 0 Å². The van der Waals surface area contributed by atoms with Crippen molar-refractivity contribution in [3.63, 3.8) is 0 Å². The van der Waals surface area contributed by atoms with Crippen LogP contribution in [0.2, 0.25) is 0 Å². The molecule has 138 valence electrons. The Morgan fingerprint density at radius 1 is 1.12 bits per heavy atom. The zero-order valence-corrected chi connectivity index (χ0v) is 15.0. The molecule has 0 atom stereocenters. The molecule has 2 aromatic rings. The summed E-state index contributed by atoms with van der Waals surface area (Å²) in [6.07, 6.45) is 6.12. The predicted octanol–water partition coefficient (Wildman–Crippen LogP) is 2.15. The van der Waals surface area contributed by atoms with Gasteiger partial charge in [-0.3, -0.25) is 25.2 Å². The summed E-state index contributed by atoms with van der Waals surface area (Å²) in [5.74, 6) is -0.333. The van der Waals surface area contributed by atoms with Crippen molar-refractivity contribution in [1.82, 2.24) is 20.6 Å². The molecular weight excluding hydrogens is 332 g/mol. The van der Waals surface area contributed by atoms with Crippen LogP contribution in [0.1, 0.15) is 55.9 Å². The molecule has 1 fully saturated rings. The van der Waals surface area contributed by atoms with Crippen molar-refractivity contribution in [2.75, 3.05) is 0 Å². The molecule has 7 heteroatoms. The average Bonchev–Trinajstić information content (AvgIpc) is 2.67. The van der Waals surface area contributed by atoms with Crippen molar-refractivity contribution in [1.29, 1.82) is 0 Å². The van der Waals surface area contributed by atoms with Gasteiger partial charge in [-0.05, 0) is 31.7 Å². The summed E-state index contributed by atoms with van der Waals surface area (Å²) in [5.41, 5.74) is 4.80. The van der Waals surface area contributed by atoms with Crippen LogP contribution in [-0.2, 0) is 11.3 Å². The summed E-state index contributed by atoms with van der Waals surface area (Å²) in [6, 6.07) is 6.85. The first-order valence-corrected chi connectivity index (χ1v) is 9.19. The van der Waals surface area contributed by atoms with Crippen LogP contribution in [0.15, 0.2) is 29.1 Å². The molecule has 26 heavy (non-hydrogen) atoms. The molecule has 0 saturated heterocycles. The minimum Gasteiger partial charge on any atom is -0.273 e. The molecule has 1 saturated carbocycles. The molecule has 0 bridgehead atoms. The number of amides is 2. The van der Waals surface area contributed by atoms with E-state index in [1.807, 2.05) is 0 Å². The minimum atomic E-state index is -0.527. The van der Waals surface area contributed by atoms with Gasteiger partial charge in [0.05, 0.1) is 5.39 Å². The molecular formula is C19H24N4O3. The second-order valence-electron chi connectivity index (χ2n) is 6.73. The monoisotopic (exact) mass is 356 g/mol. The van der Waals surface area contributed by atoms with E-state index in [0.29, 0.717) is 29.7 Å². The first kappa shape index (κ1) is 18.1. The van der Waals surface area contributed by atoms with Crippen molar-refractivity contribution in [2.45, 2.75) is 52.0 Å². The van der Waals surface area contributed by atoms with Crippen LogP contribution in [0.5, 0.6) is 0 Å². The van der Waals surface area contributed by atoms with Gasteiger partial charge in [0.1, 0.15) is 0 Å². The third-order valence-electron chi connectivity index (χ3n) is 4.90. The SMILES string of the molecule is CCn1nc(C(=O)NNC(=O)CC2CCCCC2)c2ccccc2c1=O. The number of nitrogens with one attached hydrogen (secondary N) is 2. The lowest BCUT2D eigenvalue weighted by Gasteiger charge is -2.20. The van der Waals surface area contributed by atoms with Gasteiger partial charge in [0, 0.05) is 18.4 Å². The number of aryl methyl sites for hydroxylation is 1. The third kappa shape index (κ3) is 3.92. The van der Waals surface area contributed by atoms with Crippen molar-refractivity contribution in [2.24, 2.45) is 5.92 Å². The highest BCUT2D eigenvalue weighted by Gasteiger charge is 2.19. The zero-order chi connectivity index (χ0) is 18.5. The lowest BCUT2D eigenvalue weighted by atomic mass is 9.87. The number of carbonyl (C=O) groups excluding carboxylic acids is 2. The largest absolute Gasteiger partial charge is 0.290 e. The van der Waals surface area contributed by atoms with Gasteiger partial charge in [0.2, 0.25) is 5.91 Å². The Bertz CT molecular complexity index is 869. The summed E-state index contributed by atoms with van der Waals surface area (Å²) in [6.45, 7) is 2.15. The maximum absolute atomic E-state index is 12.5. The van der Waals surface area contributed by atoms with E-state index >= 15 is 0 Å². The number of rotatable bonds is 4. The Kier molecular flexibility index (Phi) is 5.65. The number of hydrogen-bond donors (Lipinski definition) is 2. The molecule has 0 unspecified atom stereocenters. The number of aromatic nitrogens is 2. The molecule has 1 aliphatic rings. The van der Waals surface area contributed by atoms with E-state index in [2.05, 4.69) is 16.0 Å². The summed E-state index contributed by atoms with van der Waals surface area (Å²) < 4.78 is 1.25. The van der Waals surface area contributed by atoms with Crippen LogP contribution in [0.3, 0.4) is 0 Å². The van der Waals surface area contributed by atoms with Gasteiger partial charge in [-0.15, -0.1) is 0 Å². The molecule has 0 aliphatic heterocycles. The lowest BCUT2D eigenvalue weighted by Crippen LogP contribution is -2.43. The Morgan fingerprint density at radius 2 is 1.81 bits per heavy atom. The fourth-order valence-corrected chi connectivity index (χ4v) is 3.51. The number of benzene rings is 1. The predicted molar refractivity (Wildman–Crippen MR) is 98.5 cm³/mol. The van der Waals surface area contributed by atoms with E-state index in [4.69, 9.17) is 0 Å².